The fourth-order valence-electron chi connectivity index (χ4n) is 6.42. The molecule has 0 spiro atoms. The van der Waals surface area contributed by atoms with Gasteiger partial charge in [-0.15, -0.1) is 0 Å². The van der Waals surface area contributed by atoms with E-state index in [0.29, 0.717) is 11.0 Å². The molecule has 0 N–H and O–H groups in total. The standard InChI is InChI=1S/C37H21NO3/c39-37-30-13-5-4-11-25(30)29-19-18-27-31-21-22(24-14-8-15-28-26-12-6-7-16-33(26)40-35(24)28)17-20-32(31)38(34(27)36(29)41-37)23-9-2-1-3-10-23/h1-21H. The molecule has 0 unspecified atom stereocenters. The van der Waals surface area contributed by atoms with Crippen LogP contribution in [0.2, 0.25) is 0 Å². The molecule has 0 fully saturated rings. The average Bonchev–Trinajstić information content (AvgIpc) is 3.57. The van der Waals surface area contributed by atoms with Crippen molar-refractivity contribution in [2.45, 2.75) is 0 Å². The van der Waals surface area contributed by atoms with Crippen LogP contribution in [0.25, 0.3) is 82.3 Å². The van der Waals surface area contributed by atoms with Gasteiger partial charge in [-0.05, 0) is 53.4 Å². The third-order valence-corrected chi connectivity index (χ3v) is 8.24. The molecule has 41 heavy (non-hydrogen) atoms. The Morgan fingerprint density at radius 3 is 2.07 bits per heavy atom. The lowest BCUT2D eigenvalue weighted by Gasteiger charge is -2.10. The van der Waals surface area contributed by atoms with Crippen LogP contribution in [-0.2, 0) is 0 Å². The molecule has 3 heterocycles. The molecule has 0 aliphatic rings. The molecule has 0 aliphatic heterocycles. The van der Waals surface area contributed by atoms with Crippen LogP contribution in [0.15, 0.2) is 141 Å². The van der Waals surface area contributed by atoms with E-state index in [-0.39, 0.29) is 5.63 Å². The summed E-state index contributed by atoms with van der Waals surface area (Å²) in [6.45, 7) is 0. The Labute approximate surface area is 233 Å². The van der Waals surface area contributed by atoms with Crippen molar-refractivity contribution in [2.24, 2.45) is 0 Å². The molecular weight excluding hydrogens is 506 g/mol. The minimum atomic E-state index is -0.331. The van der Waals surface area contributed by atoms with Crippen LogP contribution in [0.5, 0.6) is 0 Å². The van der Waals surface area contributed by atoms with Crippen LogP contribution in [-0.4, -0.2) is 4.57 Å². The van der Waals surface area contributed by atoms with Crippen molar-refractivity contribution in [2.75, 3.05) is 0 Å². The largest absolute Gasteiger partial charge is 0.455 e. The van der Waals surface area contributed by atoms with Gasteiger partial charge >= 0.3 is 5.63 Å². The Morgan fingerprint density at radius 1 is 0.488 bits per heavy atom. The third-order valence-electron chi connectivity index (χ3n) is 8.24. The quantitative estimate of drug-likeness (QED) is 0.166. The number of hydrogen-bond acceptors (Lipinski definition) is 3. The maximum absolute atomic E-state index is 13.2. The maximum Gasteiger partial charge on any atom is 0.344 e. The maximum atomic E-state index is 13.2. The number of hydrogen-bond donors (Lipinski definition) is 0. The van der Waals surface area contributed by atoms with Gasteiger partial charge in [0.15, 0.2) is 5.58 Å². The van der Waals surface area contributed by atoms with Crippen LogP contribution < -0.4 is 5.63 Å². The lowest BCUT2D eigenvalue weighted by molar-refractivity contribution is 0.572. The molecular formula is C37H21NO3. The molecule has 9 rings (SSSR count). The number of aromatic nitrogens is 1. The summed E-state index contributed by atoms with van der Waals surface area (Å²) in [6, 6.07) is 43.1. The number of rotatable bonds is 2. The summed E-state index contributed by atoms with van der Waals surface area (Å²) in [7, 11) is 0. The lowest BCUT2D eigenvalue weighted by atomic mass is 10.00. The summed E-state index contributed by atoms with van der Waals surface area (Å²) >= 11 is 0. The van der Waals surface area contributed by atoms with E-state index in [9.17, 15) is 4.79 Å². The van der Waals surface area contributed by atoms with Crippen LogP contribution >= 0.6 is 0 Å². The van der Waals surface area contributed by atoms with Crippen LogP contribution in [0.3, 0.4) is 0 Å². The predicted molar refractivity (Wildman–Crippen MR) is 167 cm³/mol. The zero-order valence-electron chi connectivity index (χ0n) is 21.8. The van der Waals surface area contributed by atoms with Crippen LogP contribution in [0, 0.1) is 0 Å². The predicted octanol–water partition coefficient (Wildman–Crippen LogP) is 9.61. The Bertz CT molecular complexity index is 2550. The first-order valence-corrected chi connectivity index (χ1v) is 13.6. The fourth-order valence-corrected chi connectivity index (χ4v) is 6.42. The van der Waals surface area contributed by atoms with Crippen molar-refractivity contribution in [1.29, 1.82) is 0 Å². The van der Waals surface area contributed by atoms with E-state index in [0.717, 1.165) is 71.3 Å². The highest BCUT2D eigenvalue weighted by molar-refractivity contribution is 6.21. The highest BCUT2D eigenvalue weighted by Crippen LogP contribution is 2.41. The van der Waals surface area contributed by atoms with E-state index >= 15 is 0 Å². The Balaban J connectivity index is 1.41. The molecule has 0 atom stereocenters. The van der Waals surface area contributed by atoms with Gasteiger partial charge in [-0.25, -0.2) is 4.79 Å². The molecule has 4 heteroatoms. The molecule has 0 bridgehead atoms. The summed E-state index contributed by atoms with van der Waals surface area (Å²) in [5.41, 5.74) is 7.04. The normalized spacial score (nSPS) is 12.0. The highest BCUT2D eigenvalue weighted by atomic mass is 16.4. The van der Waals surface area contributed by atoms with Gasteiger partial charge in [0.1, 0.15) is 11.2 Å². The number of furan rings is 1. The van der Waals surface area contributed by atoms with E-state index in [1.807, 2.05) is 60.7 Å². The molecule has 192 valence electrons. The monoisotopic (exact) mass is 527 g/mol. The van der Waals surface area contributed by atoms with Crippen molar-refractivity contribution in [3.63, 3.8) is 0 Å². The Hall–Kier alpha value is -5.61. The van der Waals surface area contributed by atoms with Crippen molar-refractivity contribution < 1.29 is 8.83 Å². The minimum absolute atomic E-state index is 0.331. The van der Waals surface area contributed by atoms with Crippen molar-refractivity contribution in [3.8, 4) is 16.8 Å². The molecule has 0 amide bonds. The van der Waals surface area contributed by atoms with Gasteiger partial charge in [0, 0.05) is 38.2 Å². The molecule has 0 radical (unpaired) electrons. The first-order chi connectivity index (χ1) is 20.3. The van der Waals surface area contributed by atoms with Gasteiger partial charge in [0.2, 0.25) is 0 Å². The van der Waals surface area contributed by atoms with Crippen LogP contribution in [0.1, 0.15) is 0 Å². The number of benzene rings is 6. The number of para-hydroxylation sites is 3. The molecule has 0 aliphatic carbocycles. The van der Waals surface area contributed by atoms with Crippen molar-refractivity contribution >= 4 is 65.5 Å². The van der Waals surface area contributed by atoms with Gasteiger partial charge in [0.05, 0.1) is 16.4 Å². The summed E-state index contributed by atoms with van der Waals surface area (Å²) in [6.07, 6.45) is 0. The smallest absolute Gasteiger partial charge is 0.344 e. The van der Waals surface area contributed by atoms with E-state index in [1.54, 1.807) is 0 Å². The average molecular weight is 528 g/mol. The Morgan fingerprint density at radius 2 is 1.20 bits per heavy atom. The summed E-state index contributed by atoms with van der Waals surface area (Å²) < 4.78 is 14.7. The summed E-state index contributed by atoms with van der Waals surface area (Å²) in [5.74, 6) is 0. The highest BCUT2D eigenvalue weighted by Gasteiger charge is 2.20. The fraction of sp³-hybridized carbons (Fsp3) is 0. The number of nitrogens with zero attached hydrogens (tertiary/aromatic N) is 1. The first-order valence-electron chi connectivity index (χ1n) is 13.6. The van der Waals surface area contributed by atoms with Crippen LogP contribution in [0.4, 0.5) is 0 Å². The second-order valence-corrected chi connectivity index (χ2v) is 10.5. The zero-order chi connectivity index (χ0) is 27.1. The van der Waals surface area contributed by atoms with E-state index in [2.05, 4.69) is 71.3 Å². The Kier molecular flexibility index (Phi) is 4.44. The first kappa shape index (κ1) is 22.2. The SMILES string of the molecule is O=c1oc2c(ccc3c4cc(-c5cccc6c5oc5ccccc56)ccc4n(-c4ccccc4)c32)c2ccccc12. The topological polar surface area (TPSA) is 48.3 Å². The molecule has 0 saturated heterocycles. The molecule has 4 nitrogen and oxygen atoms in total. The summed E-state index contributed by atoms with van der Waals surface area (Å²) in [5, 5.41) is 6.70. The van der Waals surface area contributed by atoms with E-state index in [1.165, 1.54) is 0 Å². The summed E-state index contributed by atoms with van der Waals surface area (Å²) in [4.78, 5) is 13.2. The third kappa shape index (κ3) is 3.07. The number of fused-ring (bicyclic) bond motifs is 10. The minimum Gasteiger partial charge on any atom is -0.455 e. The van der Waals surface area contributed by atoms with E-state index < -0.39 is 0 Å². The second-order valence-electron chi connectivity index (χ2n) is 10.5. The van der Waals surface area contributed by atoms with Gasteiger partial charge in [-0.1, -0.05) is 84.9 Å². The second kappa shape index (κ2) is 8.20. The van der Waals surface area contributed by atoms with E-state index in [4.69, 9.17) is 8.83 Å². The molecule has 0 saturated carbocycles. The lowest BCUT2D eigenvalue weighted by Crippen LogP contribution is -2.01. The van der Waals surface area contributed by atoms with Gasteiger partial charge in [-0.3, -0.25) is 0 Å². The zero-order valence-corrected chi connectivity index (χ0v) is 21.8. The van der Waals surface area contributed by atoms with Crippen molar-refractivity contribution in [1.82, 2.24) is 4.57 Å². The van der Waals surface area contributed by atoms with Gasteiger partial charge in [0.25, 0.3) is 0 Å². The molecule has 9 aromatic rings. The molecule has 3 aromatic heterocycles. The molecule has 6 aromatic carbocycles. The van der Waals surface area contributed by atoms with Crippen molar-refractivity contribution in [3.05, 3.63) is 138 Å². The van der Waals surface area contributed by atoms with Gasteiger partial charge in [-0.2, -0.15) is 0 Å². The van der Waals surface area contributed by atoms with Gasteiger partial charge < -0.3 is 13.4 Å².